The molecule has 1 heterocycles. The van der Waals surface area contributed by atoms with Crippen molar-refractivity contribution >= 4 is 0 Å². The molecule has 2 nitrogen and oxygen atoms in total. The standard InChI is InChI=1S/C11H19NO/c1-9(2)10(8-12)7-11-5-3-4-6-13-11/h4,6-7,9,11H,3,5,8,12H2,1-2H3/b10-7+. The van der Waals surface area contributed by atoms with Crippen molar-refractivity contribution in [3.8, 4) is 0 Å². The molecule has 2 heteroatoms. The van der Waals surface area contributed by atoms with Crippen molar-refractivity contribution in [1.82, 2.24) is 0 Å². The Morgan fingerprint density at radius 1 is 1.69 bits per heavy atom. The molecule has 0 aromatic rings. The van der Waals surface area contributed by atoms with Crippen LogP contribution in [0.4, 0.5) is 0 Å². The number of hydrogen-bond acceptors (Lipinski definition) is 2. The fourth-order valence-corrected chi connectivity index (χ4v) is 1.41. The highest BCUT2D eigenvalue weighted by molar-refractivity contribution is 5.10. The first-order chi connectivity index (χ1) is 6.24. The molecule has 0 saturated heterocycles. The molecule has 0 aliphatic carbocycles. The molecule has 0 spiro atoms. The molecule has 0 amide bonds. The highest BCUT2D eigenvalue weighted by Gasteiger charge is 2.10. The van der Waals surface area contributed by atoms with Crippen LogP contribution in [0.3, 0.4) is 0 Å². The molecule has 0 aromatic carbocycles. The zero-order valence-corrected chi connectivity index (χ0v) is 8.49. The van der Waals surface area contributed by atoms with Gasteiger partial charge in [0.05, 0.1) is 6.26 Å². The Hall–Kier alpha value is -0.760. The fraction of sp³-hybridized carbons (Fsp3) is 0.636. The van der Waals surface area contributed by atoms with Gasteiger partial charge >= 0.3 is 0 Å². The molecule has 0 bridgehead atoms. The molecule has 0 fully saturated rings. The van der Waals surface area contributed by atoms with Crippen LogP contribution in [0.15, 0.2) is 24.0 Å². The molecule has 1 unspecified atom stereocenters. The molecule has 1 atom stereocenters. The number of nitrogens with two attached hydrogens (primary N) is 1. The quantitative estimate of drug-likeness (QED) is 0.677. The Morgan fingerprint density at radius 2 is 2.46 bits per heavy atom. The third-order valence-electron chi connectivity index (χ3n) is 2.34. The molecule has 74 valence electrons. The van der Waals surface area contributed by atoms with Gasteiger partial charge in [0.2, 0.25) is 0 Å². The van der Waals surface area contributed by atoms with Crippen molar-refractivity contribution in [2.45, 2.75) is 32.8 Å². The van der Waals surface area contributed by atoms with Crippen LogP contribution in [-0.2, 0) is 4.74 Å². The fourth-order valence-electron chi connectivity index (χ4n) is 1.41. The molecule has 1 aliphatic rings. The lowest BCUT2D eigenvalue weighted by atomic mass is 10.00. The average Bonchev–Trinajstić information content (AvgIpc) is 2.15. The van der Waals surface area contributed by atoms with Gasteiger partial charge in [0, 0.05) is 6.54 Å². The number of allylic oxidation sites excluding steroid dienone is 1. The second kappa shape index (κ2) is 5.07. The van der Waals surface area contributed by atoms with Gasteiger partial charge in [0.15, 0.2) is 0 Å². The SMILES string of the molecule is CC(C)/C(=C/C1CCC=CO1)CN. The van der Waals surface area contributed by atoms with E-state index < -0.39 is 0 Å². The second-order valence-electron chi connectivity index (χ2n) is 3.72. The van der Waals surface area contributed by atoms with Crippen LogP contribution in [0.25, 0.3) is 0 Å². The van der Waals surface area contributed by atoms with Gasteiger partial charge < -0.3 is 10.5 Å². The van der Waals surface area contributed by atoms with Crippen LogP contribution >= 0.6 is 0 Å². The van der Waals surface area contributed by atoms with E-state index in [1.807, 2.05) is 0 Å². The maximum atomic E-state index is 5.65. The molecule has 0 saturated carbocycles. The summed E-state index contributed by atoms with van der Waals surface area (Å²) in [5.41, 5.74) is 6.94. The summed E-state index contributed by atoms with van der Waals surface area (Å²) in [5, 5.41) is 0. The predicted octanol–water partition coefficient (Wildman–Crippen LogP) is 2.22. The molecule has 13 heavy (non-hydrogen) atoms. The lowest BCUT2D eigenvalue weighted by molar-refractivity contribution is 0.164. The second-order valence-corrected chi connectivity index (χ2v) is 3.72. The van der Waals surface area contributed by atoms with Crippen LogP contribution in [0.5, 0.6) is 0 Å². The van der Waals surface area contributed by atoms with E-state index in [4.69, 9.17) is 10.5 Å². The van der Waals surface area contributed by atoms with E-state index in [1.165, 1.54) is 5.57 Å². The van der Waals surface area contributed by atoms with E-state index in [0.29, 0.717) is 12.5 Å². The maximum absolute atomic E-state index is 5.65. The zero-order chi connectivity index (χ0) is 9.68. The lowest BCUT2D eigenvalue weighted by Gasteiger charge is -2.18. The van der Waals surface area contributed by atoms with Crippen molar-refractivity contribution in [2.75, 3.05) is 6.54 Å². The first kappa shape index (κ1) is 10.3. The van der Waals surface area contributed by atoms with Crippen LogP contribution < -0.4 is 5.73 Å². The lowest BCUT2D eigenvalue weighted by Crippen LogP contribution is -2.15. The number of rotatable bonds is 3. The Morgan fingerprint density at radius 3 is 2.92 bits per heavy atom. The predicted molar refractivity (Wildman–Crippen MR) is 55.2 cm³/mol. The molecule has 2 N–H and O–H groups in total. The molecule has 1 rings (SSSR count). The van der Waals surface area contributed by atoms with Crippen LogP contribution in [0, 0.1) is 5.92 Å². The third kappa shape index (κ3) is 3.23. The topological polar surface area (TPSA) is 35.2 Å². The average molecular weight is 181 g/mol. The van der Waals surface area contributed by atoms with Crippen LogP contribution in [0.1, 0.15) is 26.7 Å². The van der Waals surface area contributed by atoms with E-state index in [9.17, 15) is 0 Å². The summed E-state index contributed by atoms with van der Waals surface area (Å²) < 4.78 is 5.45. The molecule has 0 aromatic heterocycles. The van der Waals surface area contributed by atoms with Crippen LogP contribution in [0.2, 0.25) is 0 Å². The maximum Gasteiger partial charge on any atom is 0.117 e. The minimum absolute atomic E-state index is 0.242. The molecule has 0 radical (unpaired) electrons. The Kier molecular flexibility index (Phi) is 4.03. The van der Waals surface area contributed by atoms with Gasteiger partial charge in [0.1, 0.15) is 6.10 Å². The Labute approximate surface area is 80.5 Å². The van der Waals surface area contributed by atoms with E-state index in [1.54, 1.807) is 6.26 Å². The van der Waals surface area contributed by atoms with E-state index in [2.05, 4.69) is 26.0 Å². The zero-order valence-electron chi connectivity index (χ0n) is 8.49. The summed E-state index contributed by atoms with van der Waals surface area (Å²) in [6.45, 7) is 4.97. The summed E-state index contributed by atoms with van der Waals surface area (Å²) in [6.07, 6.45) is 8.45. The van der Waals surface area contributed by atoms with Gasteiger partial charge in [-0.15, -0.1) is 0 Å². The first-order valence-corrected chi connectivity index (χ1v) is 4.95. The number of ether oxygens (including phenoxy) is 1. The monoisotopic (exact) mass is 181 g/mol. The normalized spacial score (nSPS) is 23.4. The third-order valence-corrected chi connectivity index (χ3v) is 2.34. The van der Waals surface area contributed by atoms with Crippen molar-refractivity contribution < 1.29 is 4.74 Å². The van der Waals surface area contributed by atoms with Gasteiger partial charge in [-0.2, -0.15) is 0 Å². The van der Waals surface area contributed by atoms with Crippen molar-refractivity contribution in [1.29, 1.82) is 0 Å². The molecular formula is C11H19NO. The minimum Gasteiger partial charge on any atom is -0.494 e. The van der Waals surface area contributed by atoms with Gasteiger partial charge in [-0.3, -0.25) is 0 Å². The highest BCUT2D eigenvalue weighted by Crippen LogP contribution is 2.16. The smallest absolute Gasteiger partial charge is 0.117 e. The van der Waals surface area contributed by atoms with Gasteiger partial charge in [-0.1, -0.05) is 19.4 Å². The highest BCUT2D eigenvalue weighted by atomic mass is 16.5. The first-order valence-electron chi connectivity index (χ1n) is 4.95. The van der Waals surface area contributed by atoms with Crippen molar-refractivity contribution in [2.24, 2.45) is 11.7 Å². The Bertz CT molecular complexity index is 206. The van der Waals surface area contributed by atoms with Gasteiger partial charge in [-0.25, -0.2) is 0 Å². The number of hydrogen-bond donors (Lipinski definition) is 1. The van der Waals surface area contributed by atoms with Crippen molar-refractivity contribution in [3.05, 3.63) is 24.0 Å². The van der Waals surface area contributed by atoms with Gasteiger partial charge in [0.25, 0.3) is 0 Å². The van der Waals surface area contributed by atoms with E-state index >= 15 is 0 Å². The molecule has 1 aliphatic heterocycles. The Balaban J connectivity index is 2.55. The minimum atomic E-state index is 0.242. The van der Waals surface area contributed by atoms with E-state index in [-0.39, 0.29) is 6.10 Å². The molecular weight excluding hydrogens is 162 g/mol. The van der Waals surface area contributed by atoms with Gasteiger partial charge in [-0.05, 0) is 30.9 Å². The summed E-state index contributed by atoms with van der Waals surface area (Å²) >= 11 is 0. The summed E-state index contributed by atoms with van der Waals surface area (Å²) in [6, 6.07) is 0. The largest absolute Gasteiger partial charge is 0.494 e. The summed E-state index contributed by atoms with van der Waals surface area (Å²) in [4.78, 5) is 0. The van der Waals surface area contributed by atoms with Crippen LogP contribution in [-0.4, -0.2) is 12.6 Å². The van der Waals surface area contributed by atoms with Crippen molar-refractivity contribution in [3.63, 3.8) is 0 Å². The summed E-state index contributed by atoms with van der Waals surface area (Å²) in [7, 11) is 0. The summed E-state index contributed by atoms with van der Waals surface area (Å²) in [5.74, 6) is 0.527. The van der Waals surface area contributed by atoms with E-state index in [0.717, 1.165) is 12.8 Å².